The van der Waals surface area contributed by atoms with Gasteiger partial charge in [-0.15, -0.1) is 11.8 Å². The molecule has 1 N–H and O–H groups in total. The Labute approximate surface area is 164 Å². The van der Waals surface area contributed by atoms with E-state index in [2.05, 4.69) is 47.1 Å². The summed E-state index contributed by atoms with van der Waals surface area (Å²) in [6.45, 7) is 6.00. The molecule has 0 spiro atoms. The number of thioether (sulfide) groups is 1. The zero-order valence-corrected chi connectivity index (χ0v) is 16.5. The second-order valence-corrected chi connectivity index (χ2v) is 7.72. The summed E-state index contributed by atoms with van der Waals surface area (Å²) in [6, 6.07) is 22.2. The number of aryl methyl sites for hydroxylation is 1. The molecular weight excluding hydrogens is 354 g/mol. The highest BCUT2D eigenvalue weighted by atomic mass is 32.2. The van der Waals surface area contributed by atoms with Crippen molar-refractivity contribution in [3.8, 4) is 5.69 Å². The lowest BCUT2D eigenvalue weighted by molar-refractivity contribution is -0.120. The highest BCUT2D eigenvalue weighted by Gasteiger charge is 2.14. The third kappa shape index (κ3) is 4.68. The van der Waals surface area contributed by atoms with E-state index in [9.17, 15) is 4.79 Å². The van der Waals surface area contributed by atoms with E-state index in [1.165, 1.54) is 11.8 Å². The number of amides is 1. The third-order valence-electron chi connectivity index (χ3n) is 4.29. The van der Waals surface area contributed by atoms with Gasteiger partial charge < -0.3 is 4.57 Å². The molecular formula is C22H23N3OS. The van der Waals surface area contributed by atoms with E-state index in [1.54, 1.807) is 6.21 Å². The highest BCUT2D eigenvalue weighted by molar-refractivity contribution is 8.00. The summed E-state index contributed by atoms with van der Waals surface area (Å²) in [7, 11) is 0. The molecule has 0 aliphatic heterocycles. The first-order valence-corrected chi connectivity index (χ1v) is 9.73. The Hall–Kier alpha value is -2.79. The quantitative estimate of drug-likeness (QED) is 0.384. The molecule has 0 unspecified atom stereocenters. The first-order chi connectivity index (χ1) is 13.1. The molecule has 2 aromatic carbocycles. The minimum absolute atomic E-state index is 0.114. The predicted molar refractivity (Wildman–Crippen MR) is 113 cm³/mol. The first kappa shape index (κ1) is 19.0. The molecule has 0 aliphatic carbocycles. The molecule has 0 saturated heterocycles. The zero-order valence-electron chi connectivity index (χ0n) is 15.7. The first-order valence-electron chi connectivity index (χ1n) is 8.85. The maximum absolute atomic E-state index is 12.3. The van der Waals surface area contributed by atoms with E-state index in [1.807, 2.05) is 55.5 Å². The Morgan fingerprint density at radius 2 is 1.70 bits per heavy atom. The Balaban J connectivity index is 1.65. The molecule has 0 fully saturated rings. The number of hydrazone groups is 1. The van der Waals surface area contributed by atoms with Crippen LogP contribution in [0, 0.1) is 13.8 Å². The number of nitrogens with one attached hydrogen (secondary N) is 1. The van der Waals surface area contributed by atoms with Gasteiger partial charge in [-0.3, -0.25) is 4.79 Å². The molecule has 0 saturated carbocycles. The second-order valence-electron chi connectivity index (χ2n) is 6.30. The topological polar surface area (TPSA) is 46.4 Å². The van der Waals surface area contributed by atoms with Crippen LogP contribution in [0.25, 0.3) is 5.69 Å². The number of benzene rings is 2. The van der Waals surface area contributed by atoms with E-state index in [0.29, 0.717) is 0 Å². The molecule has 1 atom stereocenters. The van der Waals surface area contributed by atoms with E-state index < -0.39 is 0 Å². The van der Waals surface area contributed by atoms with E-state index >= 15 is 0 Å². The lowest BCUT2D eigenvalue weighted by atomic mass is 10.2. The summed E-state index contributed by atoms with van der Waals surface area (Å²) in [6.07, 6.45) is 1.71. The van der Waals surface area contributed by atoms with Gasteiger partial charge in [0.05, 0.1) is 11.5 Å². The van der Waals surface area contributed by atoms with Crippen LogP contribution in [-0.4, -0.2) is 21.9 Å². The van der Waals surface area contributed by atoms with Crippen molar-refractivity contribution in [1.29, 1.82) is 0 Å². The van der Waals surface area contributed by atoms with Crippen LogP contribution in [0.15, 0.2) is 76.7 Å². The van der Waals surface area contributed by atoms with Crippen molar-refractivity contribution < 1.29 is 4.79 Å². The SMILES string of the molecule is Cc1cc(/C=N\NC(=O)[C@@H](C)Sc2ccccc2)c(C)n1-c1ccccc1. The van der Waals surface area contributed by atoms with Gasteiger partial charge in [-0.25, -0.2) is 5.43 Å². The van der Waals surface area contributed by atoms with Crippen molar-refractivity contribution in [3.63, 3.8) is 0 Å². The molecule has 3 rings (SSSR count). The van der Waals surface area contributed by atoms with Crippen LogP contribution in [0.3, 0.4) is 0 Å². The number of nitrogens with zero attached hydrogens (tertiary/aromatic N) is 2. The lowest BCUT2D eigenvalue weighted by Crippen LogP contribution is -2.26. The second kappa shape index (κ2) is 8.73. The van der Waals surface area contributed by atoms with Crippen molar-refractivity contribution in [2.45, 2.75) is 30.9 Å². The smallest absolute Gasteiger partial charge is 0.253 e. The zero-order chi connectivity index (χ0) is 19.2. The van der Waals surface area contributed by atoms with Crippen LogP contribution < -0.4 is 5.43 Å². The summed E-state index contributed by atoms with van der Waals surface area (Å²) in [5.41, 5.74) is 6.96. The van der Waals surface area contributed by atoms with E-state index in [-0.39, 0.29) is 11.2 Å². The number of carbonyl (C=O) groups excluding carboxylic acids is 1. The summed E-state index contributed by atoms with van der Waals surface area (Å²) in [4.78, 5) is 13.3. The van der Waals surface area contributed by atoms with Crippen LogP contribution in [-0.2, 0) is 4.79 Å². The van der Waals surface area contributed by atoms with Gasteiger partial charge in [0.2, 0.25) is 0 Å². The standard InChI is InChI=1S/C22H23N3OS/c1-16-14-19(17(2)25(16)20-10-6-4-7-11-20)15-23-24-22(26)18(3)27-21-12-8-5-9-13-21/h4-15,18H,1-3H3,(H,24,26)/b23-15-/t18-/m1/s1. The molecule has 3 aromatic rings. The average molecular weight is 378 g/mol. The molecule has 0 radical (unpaired) electrons. The lowest BCUT2D eigenvalue weighted by Gasteiger charge is -2.09. The Bertz CT molecular complexity index is 933. The van der Waals surface area contributed by atoms with Gasteiger partial charge in [-0.05, 0) is 51.1 Å². The van der Waals surface area contributed by atoms with Crippen molar-refractivity contribution in [3.05, 3.63) is 83.7 Å². The van der Waals surface area contributed by atoms with Gasteiger partial charge in [-0.1, -0.05) is 36.4 Å². The number of carbonyl (C=O) groups is 1. The maximum Gasteiger partial charge on any atom is 0.253 e. The molecule has 0 aliphatic rings. The summed E-state index contributed by atoms with van der Waals surface area (Å²) in [5, 5.41) is 3.94. The average Bonchev–Trinajstić information content (AvgIpc) is 2.96. The van der Waals surface area contributed by atoms with Crippen molar-refractivity contribution in [2.75, 3.05) is 0 Å². The molecule has 5 heteroatoms. The maximum atomic E-state index is 12.3. The normalized spacial score (nSPS) is 12.3. The number of hydrogen-bond donors (Lipinski definition) is 1. The molecule has 1 amide bonds. The largest absolute Gasteiger partial charge is 0.318 e. The number of aromatic nitrogens is 1. The molecule has 1 aromatic heterocycles. The molecule has 1 heterocycles. The van der Waals surface area contributed by atoms with E-state index in [0.717, 1.165) is 27.5 Å². The van der Waals surface area contributed by atoms with Crippen molar-refractivity contribution in [2.24, 2.45) is 5.10 Å². The van der Waals surface area contributed by atoms with Gasteiger partial charge in [-0.2, -0.15) is 5.10 Å². The predicted octanol–water partition coefficient (Wildman–Crippen LogP) is 4.73. The van der Waals surface area contributed by atoms with Crippen LogP contribution in [0.1, 0.15) is 23.9 Å². The van der Waals surface area contributed by atoms with Crippen LogP contribution in [0.2, 0.25) is 0 Å². The van der Waals surface area contributed by atoms with Gasteiger partial charge in [0.15, 0.2) is 0 Å². The number of rotatable bonds is 6. The van der Waals surface area contributed by atoms with Crippen LogP contribution >= 0.6 is 11.8 Å². The Kier molecular flexibility index (Phi) is 6.14. The number of para-hydroxylation sites is 1. The summed E-state index contributed by atoms with van der Waals surface area (Å²) >= 11 is 1.51. The summed E-state index contributed by atoms with van der Waals surface area (Å²) in [5.74, 6) is -0.114. The van der Waals surface area contributed by atoms with Gasteiger partial charge in [0.25, 0.3) is 5.91 Å². The fourth-order valence-corrected chi connectivity index (χ4v) is 3.79. The molecule has 138 valence electrons. The minimum Gasteiger partial charge on any atom is -0.318 e. The van der Waals surface area contributed by atoms with E-state index in [4.69, 9.17) is 0 Å². The van der Waals surface area contributed by atoms with Gasteiger partial charge in [0, 0.05) is 27.5 Å². The third-order valence-corrected chi connectivity index (χ3v) is 5.40. The molecule has 27 heavy (non-hydrogen) atoms. The summed E-state index contributed by atoms with van der Waals surface area (Å²) < 4.78 is 2.18. The van der Waals surface area contributed by atoms with Crippen LogP contribution in [0.5, 0.6) is 0 Å². The highest BCUT2D eigenvalue weighted by Crippen LogP contribution is 2.22. The fraction of sp³-hybridized carbons (Fsp3) is 0.182. The Morgan fingerprint density at radius 3 is 2.37 bits per heavy atom. The molecule has 0 bridgehead atoms. The van der Waals surface area contributed by atoms with Gasteiger partial charge >= 0.3 is 0 Å². The van der Waals surface area contributed by atoms with Gasteiger partial charge in [0.1, 0.15) is 0 Å². The Morgan fingerprint density at radius 1 is 1.07 bits per heavy atom. The minimum atomic E-state index is -0.221. The van der Waals surface area contributed by atoms with Crippen LogP contribution in [0.4, 0.5) is 0 Å². The monoisotopic (exact) mass is 377 g/mol. The molecule has 4 nitrogen and oxygen atoms in total. The number of hydrogen-bond acceptors (Lipinski definition) is 3. The van der Waals surface area contributed by atoms with Crippen molar-refractivity contribution >= 4 is 23.9 Å². The van der Waals surface area contributed by atoms with Crippen molar-refractivity contribution in [1.82, 2.24) is 9.99 Å². The fourth-order valence-electron chi connectivity index (χ4n) is 2.91.